The molecule has 2 heterocycles. The Hall–Kier alpha value is -2.54. The second kappa shape index (κ2) is 4.62. The van der Waals surface area contributed by atoms with E-state index in [1.165, 1.54) is 23.5 Å². The molecule has 6 nitrogen and oxygen atoms in total. The molecule has 7 heteroatoms. The van der Waals surface area contributed by atoms with Crippen LogP contribution < -0.4 is 0 Å². The fourth-order valence-electron chi connectivity index (χ4n) is 1.55. The van der Waals surface area contributed by atoms with Gasteiger partial charge < -0.3 is 9.63 Å². The van der Waals surface area contributed by atoms with E-state index in [1.807, 2.05) is 0 Å². The van der Waals surface area contributed by atoms with Crippen molar-refractivity contribution in [3.63, 3.8) is 0 Å². The number of rotatable bonds is 3. The largest absolute Gasteiger partial charge is 0.478 e. The van der Waals surface area contributed by atoms with E-state index in [2.05, 4.69) is 15.1 Å². The van der Waals surface area contributed by atoms with Crippen LogP contribution in [0.2, 0.25) is 0 Å². The summed E-state index contributed by atoms with van der Waals surface area (Å²) in [5, 5.41) is 12.8. The van der Waals surface area contributed by atoms with E-state index in [-0.39, 0.29) is 5.56 Å². The van der Waals surface area contributed by atoms with E-state index in [4.69, 9.17) is 9.63 Å². The fourth-order valence-corrected chi connectivity index (χ4v) is 2.09. The summed E-state index contributed by atoms with van der Waals surface area (Å²) in [6.45, 7) is 0. The van der Waals surface area contributed by atoms with E-state index in [0.717, 1.165) is 4.88 Å². The summed E-state index contributed by atoms with van der Waals surface area (Å²) >= 11 is 1.39. The van der Waals surface area contributed by atoms with E-state index in [0.29, 0.717) is 17.3 Å². The summed E-state index contributed by atoms with van der Waals surface area (Å²) in [6, 6.07) is 6.38. The second-order valence-electron chi connectivity index (χ2n) is 3.67. The van der Waals surface area contributed by atoms with Crippen molar-refractivity contribution in [3.8, 4) is 22.2 Å². The summed E-state index contributed by atoms with van der Waals surface area (Å²) in [5.74, 6) is -0.266. The van der Waals surface area contributed by atoms with Crippen LogP contribution in [-0.2, 0) is 0 Å². The first kappa shape index (κ1) is 11.5. The van der Waals surface area contributed by atoms with Gasteiger partial charge >= 0.3 is 5.97 Å². The monoisotopic (exact) mass is 273 g/mol. The van der Waals surface area contributed by atoms with Gasteiger partial charge in [-0.05, 0) is 12.1 Å². The highest BCUT2D eigenvalue weighted by Crippen LogP contribution is 2.24. The molecule has 0 fully saturated rings. The van der Waals surface area contributed by atoms with Gasteiger partial charge in [-0.1, -0.05) is 17.3 Å². The van der Waals surface area contributed by atoms with Crippen molar-refractivity contribution < 1.29 is 14.4 Å². The van der Waals surface area contributed by atoms with Crippen LogP contribution in [0.15, 0.2) is 40.5 Å². The maximum atomic E-state index is 10.9. The average Bonchev–Trinajstić information content (AvgIpc) is 3.09. The molecule has 3 rings (SSSR count). The Bertz CT molecular complexity index is 721. The predicted octanol–water partition coefficient (Wildman–Crippen LogP) is 2.56. The van der Waals surface area contributed by atoms with Crippen LogP contribution in [0.25, 0.3) is 22.2 Å². The molecular formula is C12H7N3O3S. The molecule has 0 bridgehead atoms. The maximum absolute atomic E-state index is 10.9. The molecule has 0 aliphatic carbocycles. The Balaban J connectivity index is 1.99. The highest BCUT2D eigenvalue weighted by molar-refractivity contribution is 7.13. The molecule has 0 aliphatic rings. The van der Waals surface area contributed by atoms with Crippen LogP contribution in [0.4, 0.5) is 0 Å². The van der Waals surface area contributed by atoms with Gasteiger partial charge in [-0.2, -0.15) is 4.98 Å². The van der Waals surface area contributed by atoms with Crippen LogP contribution in [-0.4, -0.2) is 26.2 Å². The van der Waals surface area contributed by atoms with Crippen molar-refractivity contribution in [1.29, 1.82) is 0 Å². The molecule has 0 radical (unpaired) electrons. The Morgan fingerprint density at radius 2 is 2.26 bits per heavy atom. The number of benzene rings is 1. The number of nitrogens with zero attached hydrogens (tertiary/aromatic N) is 3. The van der Waals surface area contributed by atoms with Gasteiger partial charge in [0.2, 0.25) is 5.82 Å². The van der Waals surface area contributed by atoms with Gasteiger partial charge in [-0.3, -0.25) is 4.98 Å². The predicted molar refractivity (Wildman–Crippen MR) is 67.8 cm³/mol. The Morgan fingerprint density at radius 1 is 1.37 bits per heavy atom. The zero-order valence-electron chi connectivity index (χ0n) is 9.48. The van der Waals surface area contributed by atoms with Crippen molar-refractivity contribution in [2.75, 3.05) is 0 Å². The number of aromatic nitrogens is 3. The third-order valence-corrected chi connectivity index (χ3v) is 3.20. The molecule has 0 saturated heterocycles. The van der Waals surface area contributed by atoms with Crippen molar-refractivity contribution in [3.05, 3.63) is 41.5 Å². The van der Waals surface area contributed by atoms with E-state index in [9.17, 15) is 4.79 Å². The zero-order chi connectivity index (χ0) is 13.2. The smallest absolute Gasteiger partial charge is 0.335 e. The van der Waals surface area contributed by atoms with Gasteiger partial charge in [0.1, 0.15) is 4.88 Å². The van der Waals surface area contributed by atoms with Crippen LogP contribution in [0.5, 0.6) is 0 Å². The van der Waals surface area contributed by atoms with E-state index in [1.54, 1.807) is 23.8 Å². The Kier molecular flexibility index (Phi) is 2.81. The molecule has 1 aromatic carbocycles. The van der Waals surface area contributed by atoms with Crippen molar-refractivity contribution in [2.45, 2.75) is 0 Å². The maximum Gasteiger partial charge on any atom is 0.335 e. The van der Waals surface area contributed by atoms with Gasteiger partial charge in [0, 0.05) is 5.56 Å². The normalized spacial score (nSPS) is 10.5. The fraction of sp³-hybridized carbons (Fsp3) is 0. The summed E-state index contributed by atoms with van der Waals surface area (Å²) in [4.78, 5) is 19.8. The quantitative estimate of drug-likeness (QED) is 0.788. The summed E-state index contributed by atoms with van der Waals surface area (Å²) in [5.41, 5.74) is 2.45. The van der Waals surface area contributed by atoms with Crippen molar-refractivity contribution in [1.82, 2.24) is 15.1 Å². The molecule has 1 N–H and O–H groups in total. The lowest BCUT2D eigenvalue weighted by molar-refractivity contribution is 0.0697. The molecule has 3 aromatic rings. The second-order valence-corrected chi connectivity index (χ2v) is 4.56. The van der Waals surface area contributed by atoms with Crippen molar-refractivity contribution in [2.24, 2.45) is 0 Å². The highest BCUT2D eigenvalue weighted by Gasteiger charge is 2.13. The molecule has 2 aromatic heterocycles. The molecule has 0 aliphatic heterocycles. The van der Waals surface area contributed by atoms with Crippen LogP contribution in [0.1, 0.15) is 10.4 Å². The molecule has 0 saturated carbocycles. The van der Waals surface area contributed by atoms with E-state index < -0.39 is 5.97 Å². The topological polar surface area (TPSA) is 89.1 Å². The number of hydrogen-bond acceptors (Lipinski definition) is 6. The molecule has 19 heavy (non-hydrogen) atoms. The molecule has 94 valence electrons. The van der Waals surface area contributed by atoms with Gasteiger partial charge in [0.05, 0.1) is 17.3 Å². The third kappa shape index (κ3) is 2.23. The lowest BCUT2D eigenvalue weighted by Crippen LogP contribution is -1.96. The molecule has 0 amide bonds. The van der Waals surface area contributed by atoms with Crippen LogP contribution in [0, 0.1) is 0 Å². The average molecular weight is 273 g/mol. The third-order valence-electron chi connectivity index (χ3n) is 2.44. The molecule has 0 spiro atoms. The number of aromatic carboxylic acids is 1. The van der Waals surface area contributed by atoms with Crippen LogP contribution >= 0.6 is 11.3 Å². The number of carboxylic acid groups (broad SMARTS) is 1. The summed E-state index contributed by atoms with van der Waals surface area (Å²) < 4.78 is 5.13. The van der Waals surface area contributed by atoms with Gasteiger partial charge in [0.25, 0.3) is 5.89 Å². The SMILES string of the molecule is O=C(O)c1cccc(-c2noc(-c3cncs3)n2)c1. The standard InChI is InChI=1S/C12H7N3O3S/c16-12(17)8-3-1-2-7(4-8)10-14-11(18-15-10)9-5-13-6-19-9/h1-6H,(H,16,17). The van der Waals surface area contributed by atoms with E-state index >= 15 is 0 Å². The molecule has 0 unspecified atom stereocenters. The zero-order valence-corrected chi connectivity index (χ0v) is 10.3. The first-order chi connectivity index (χ1) is 9.24. The highest BCUT2D eigenvalue weighted by atomic mass is 32.1. The Morgan fingerprint density at radius 3 is 3.00 bits per heavy atom. The minimum atomic E-state index is -0.993. The number of hydrogen-bond donors (Lipinski definition) is 1. The summed E-state index contributed by atoms with van der Waals surface area (Å²) in [7, 11) is 0. The van der Waals surface area contributed by atoms with Gasteiger partial charge in [0.15, 0.2) is 0 Å². The van der Waals surface area contributed by atoms with Gasteiger partial charge in [-0.25, -0.2) is 4.79 Å². The lowest BCUT2D eigenvalue weighted by atomic mass is 10.1. The Labute approximate surface area is 111 Å². The van der Waals surface area contributed by atoms with Gasteiger partial charge in [-0.15, -0.1) is 11.3 Å². The number of carboxylic acids is 1. The number of carbonyl (C=O) groups is 1. The summed E-state index contributed by atoms with van der Waals surface area (Å²) in [6.07, 6.45) is 1.63. The first-order valence-corrected chi connectivity index (χ1v) is 6.18. The number of thiazole rings is 1. The minimum absolute atomic E-state index is 0.182. The lowest BCUT2D eigenvalue weighted by Gasteiger charge is -1.96. The van der Waals surface area contributed by atoms with Crippen molar-refractivity contribution >= 4 is 17.3 Å². The van der Waals surface area contributed by atoms with Crippen LogP contribution in [0.3, 0.4) is 0 Å². The first-order valence-electron chi connectivity index (χ1n) is 5.30. The molecular weight excluding hydrogens is 266 g/mol. The molecule has 0 atom stereocenters. The minimum Gasteiger partial charge on any atom is -0.478 e.